The highest BCUT2D eigenvalue weighted by atomic mass is 32.1. The molecule has 150 valence electrons. The van der Waals surface area contributed by atoms with Crippen LogP contribution in [-0.4, -0.2) is 29.4 Å². The smallest absolute Gasteiger partial charge is 0.257 e. The first-order valence-electron chi connectivity index (χ1n) is 9.05. The SMILES string of the molecule is O=C(C=Cc1ccc(F)cc1)NC(=S)NNC(=O)CNC(=O)C1CCCCC1. The molecule has 0 heterocycles. The Morgan fingerprint density at radius 1 is 1.07 bits per heavy atom. The summed E-state index contributed by atoms with van der Waals surface area (Å²) in [6.45, 7) is -0.177. The number of benzene rings is 1. The van der Waals surface area contributed by atoms with Gasteiger partial charge in [0, 0.05) is 12.0 Å². The van der Waals surface area contributed by atoms with Crippen molar-refractivity contribution in [1.82, 2.24) is 21.5 Å². The molecule has 2 rings (SSSR count). The van der Waals surface area contributed by atoms with E-state index in [0.29, 0.717) is 5.56 Å². The normalized spacial score (nSPS) is 14.3. The van der Waals surface area contributed by atoms with Gasteiger partial charge >= 0.3 is 0 Å². The van der Waals surface area contributed by atoms with Gasteiger partial charge in [-0.05, 0) is 48.8 Å². The predicted octanol–water partition coefficient (Wildman–Crippen LogP) is 1.56. The summed E-state index contributed by atoms with van der Waals surface area (Å²) in [6.07, 6.45) is 7.66. The summed E-state index contributed by atoms with van der Waals surface area (Å²) < 4.78 is 12.8. The molecule has 0 spiro atoms. The Balaban J connectivity index is 1.64. The fourth-order valence-corrected chi connectivity index (χ4v) is 2.93. The van der Waals surface area contributed by atoms with E-state index in [0.717, 1.165) is 32.1 Å². The third-order valence-corrected chi connectivity index (χ3v) is 4.45. The van der Waals surface area contributed by atoms with Gasteiger partial charge in [-0.25, -0.2) is 4.39 Å². The summed E-state index contributed by atoms with van der Waals surface area (Å²) in [5.74, 6) is -1.50. The second-order valence-electron chi connectivity index (χ2n) is 6.43. The monoisotopic (exact) mass is 406 g/mol. The minimum Gasteiger partial charge on any atom is -0.347 e. The van der Waals surface area contributed by atoms with Gasteiger partial charge in [0.05, 0.1) is 6.54 Å². The van der Waals surface area contributed by atoms with Crippen LogP contribution < -0.4 is 21.5 Å². The van der Waals surface area contributed by atoms with Gasteiger partial charge in [0.1, 0.15) is 5.82 Å². The summed E-state index contributed by atoms with van der Waals surface area (Å²) in [5, 5.41) is 4.85. The number of thiocarbonyl (C=S) groups is 1. The van der Waals surface area contributed by atoms with Gasteiger partial charge in [0.25, 0.3) is 5.91 Å². The molecule has 0 radical (unpaired) electrons. The molecule has 7 nitrogen and oxygen atoms in total. The van der Waals surface area contributed by atoms with Gasteiger partial charge in [-0.15, -0.1) is 0 Å². The van der Waals surface area contributed by atoms with E-state index in [1.807, 2.05) is 0 Å². The van der Waals surface area contributed by atoms with Gasteiger partial charge in [0.15, 0.2) is 5.11 Å². The average molecular weight is 406 g/mol. The molecular formula is C19H23FN4O3S. The number of nitrogens with one attached hydrogen (secondary N) is 4. The van der Waals surface area contributed by atoms with Crippen molar-refractivity contribution in [1.29, 1.82) is 0 Å². The minimum absolute atomic E-state index is 0.0252. The summed E-state index contributed by atoms with van der Waals surface area (Å²) in [5.41, 5.74) is 5.34. The van der Waals surface area contributed by atoms with Crippen LogP contribution in [0.25, 0.3) is 6.08 Å². The molecular weight excluding hydrogens is 383 g/mol. The Labute approximate surface area is 168 Å². The lowest BCUT2D eigenvalue weighted by atomic mass is 9.89. The van der Waals surface area contributed by atoms with Crippen LogP contribution in [0.1, 0.15) is 37.7 Å². The molecule has 1 aromatic carbocycles. The highest BCUT2D eigenvalue weighted by Gasteiger charge is 2.21. The van der Waals surface area contributed by atoms with Crippen molar-refractivity contribution in [3.63, 3.8) is 0 Å². The lowest BCUT2D eigenvalue weighted by Crippen LogP contribution is -2.51. The van der Waals surface area contributed by atoms with Crippen molar-refractivity contribution in [2.24, 2.45) is 5.92 Å². The van der Waals surface area contributed by atoms with Gasteiger partial charge < -0.3 is 5.32 Å². The summed E-state index contributed by atoms with van der Waals surface area (Å²) in [7, 11) is 0. The molecule has 0 aromatic heterocycles. The molecule has 1 fully saturated rings. The molecule has 1 aromatic rings. The van der Waals surface area contributed by atoms with Crippen molar-refractivity contribution < 1.29 is 18.8 Å². The van der Waals surface area contributed by atoms with Crippen LogP contribution in [0.3, 0.4) is 0 Å². The molecule has 1 aliphatic carbocycles. The van der Waals surface area contributed by atoms with Crippen LogP contribution in [-0.2, 0) is 14.4 Å². The Morgan fingerprint density at radius 3 is 2.43 bits per heavy atom. The molecule has 4 N–H and O–H groups in total. The van der Waals surface area contributed by atoms with Crippen LogP contribution in [0.15, 0.2) is 30.3 Å². The maximum absolute atomic E-state index is 12.8. The Kier molecular flexibility index (Phi) is 8.54. The van der Waals surface area contributed by atoms with E-state index in [-0.39, 0.29) is 29.3 Å². The van der Waals surface area contributed by atoms with Crippen molar-refractivity contribution in [2.75, 3.05) is 6.54 Å². The zero-order chi connectivity index (χ0) is 20.4. The second-order valence-corrected chi connectivity index (χ2v) is 6.84. The zero-order valence-electron chi connectivity index (χ0n) is 15.3. The van der Waals surface area contributed by atoms with Crippen LogP contribution in [0.2, 0.25) is 0 Å². The fourth-order valence-electron chi connectivity index (χ4n) is 2.78. The van der Waals surface area contributed by atoms with E-state index in [2.05, 4.69) is 21.5 Å². The first-order valence-corrected chi connectivity index (χ1v) is 9.46. The molecule has 0 saturated heterocycles. The van der Waals surface area contributed by atoms with Crippen LogP contribution >= 0.6 is 12.2 Å². The third-order valence-electron chi connectivity index (χ3n) is 4.25. The van der Waals surface area contributed by atoms with E-state index in [1.165, 1.54) is 36.4 Å². The van der Waals surface area contributed by atoms with Gasteiger partial charge in [0.2, 0.25) is 11.8 Å². The molecule has 1 saturated carbocycles. The number of carbonyl (C=O) groups is 3. The second kappa shape index (κ2) is 11.1. The molecule has 0 bridgehead atoms. The first kappa shape index (κ1) is 21.5. The maximum Gasteiger partial charge on any atom is 0.257 e. The highest BCUT2D eigenvalue weighted by Crippen LogP contribution is 2.23. The largest absolute Gasteiger partial charge is 0.347 e. The number of hydrogen-bond acceptors (Lipinski definition) is 4. The van der Waals surface area contributed by atoms with Gasteiger partial charge in [-0.1, -0.05) is 31.4 Å². The molecule has 3 amide bonds. The van der Waals surface area contributed by atoms with E-state index < -0.39 is 11.8 Å². The maximum atomic E-state index is 12.8. The van der Waals surface area contributed by atoms with E-state index >= 15 is 0 Å². The molecule has 0 unspecified atom stereocenters. The first-order chi connectivity index (χ1) is 13.4. The van der Waals surface area contributed by atoms with Gasteiger partial charge in [-0.2, -0.15) is 0 Å². The van der Waals surface area contributed by atoms with Crippen molar-refractivity contribution in [3.8, 4) is 0 Å². The summed E-state index contributed by atoms with van der Waals surface area (Å²) in [6, 6.07) is 5.62. The molecule has 28 heavy (non-hydrogen) atoms. The number of hydrazine groups is 1. The van der Waals surface area contributed by atoms with Crippen molar-refractivity contribution in [3.05, 3.63) is 41.7 Å². The number of amides is 3. The molecule has 1 aliphatic rings. The Bertz CT molecular complexity index is 746. The third kappa shape index (κ3) is 7.83. The summed E-state index contributed by atoms with van der Waals surface area (Å²) >= 11 is 4.91. The average Bonchev–Trinajstić information content (AvgIpc) is 2.70. The Morgan fingerprint density at radius 2 is 1.75 bits per heavy atom. The van der Waals surface area contributed by atoms with E-state index in [9.17, 15) is 18.8 Å². The van der Waals surface area contributed by atoms with E-state index in [1.54, 1.807) is 0 Å². The van der Waals surface area contributed by atoms with Gasteiger partial charge in [-0.3, -0.25) is 30.6 Å². The van der Waals surface area contributed by atoms with Crippen molar-refractivity contribution >= 4 is 41.1 Å². The van der Waals surface area contributed by atoms with Crippen LogP contribution in [0.5, 0.6) is 0 Å². The molecule has 0 atom stereocenters. The molecule has 9 heteroatoms. The lowest BCUT2D eigenvalue weighted by Gasteiger charge is -2.20. The lowest BCUT2D eigenvalue weighted by molar-refractivity contribution is -0.129. The predicted molar refractivity (Wildman–Crippen MR) is 107 cm³/mol. The van der Waals surface area contributed by atoms with Crippen LogP contribution in [0.4, 0.5) is 4.39 Å². The Hall–Kier alpha value is -2.81. The number of rotatable bonds is 5. The summed E-state index contributed by atoms with van der Waals surface area (Å²) in [4.78, 5) is 35.5. The number of carbonyl (C=O) groups excluding carboxylic acids is 3. The fraction of sp³-hybridized carbons (Fsp3) is 0.368. The minimum atomic E-state index is -0.512. The molecule has 0 aliphatic heterocycles. The van der Waals surface area contributed by atoms with E-state index in [4.69, 9.17) is 12.2 Å². The zero-order valence-corrected chi connectivity index (χ0v) is 16.1. The highest BCUT2D eigenvalue weighted by molar-refractivity contribution is 7.80. The standard InChI is InChI=1S/C19H23FN4O3S/c20-15-9-6-13(7-10-15)8-11-16(25)22-19(28)24-23-17(26)12-21-18(27)14-4-2-1-3-5-14/h6-11,14H,1-5,12H2,(H,21,27)(H,23,26)(H2,22,24,25,28). The van der Waals surface area contributed by atoms with Crippen LogP contribution in [0, 0.1) is 11.7 Å². The quantitative estimate of drug-likeness (QED) is 0.338. The van der Waals surface area contributed by atoms with Crippen molar-refractivity contribution in [2.45, 2.75) is 32.1 Å². The number of hydrogen-bond donors (Lipinski definition) is 4. The topological polar surface area (TPSA) is 99.3 Å². The number of halogens is 1.